The molecule has 2 aromatic heterocycles. The third-order valence-corrected chi connectivity index (χ3v) is 7.50. The number of methoxy groups -OCH3 is 1. The molecule has 0 fully saturated rings. The SMILES string of the molecule is COc1ccc(C2C(C(=O)OC(C)C)=C(C)N=c3s/c(=C\c4ccc(-c5cccc(Br)c5)o4)c(=O)n32)cc1. The number of furan rings is 1. The summed E-state index contributed by atoms with van der Waals surface area (Å²) in [4.78, 5) is 32.1. The van der Waals surface area contributed by atoms with E-state index >= 15 is 0 Å². The Morgan fingerprint density at radius 2 is 1.92 bits per heavy atom. The fraction of sp³-hybridized carbons (Fsp3) is 0.207. The number of carbonyl (C=O) groups is 1. The van der Waals surface area contributed by atoms with Crippen LogP contribution in [-0.2, 0) is 9.53 Å². The first-order chi connectivity index (χ1) is 18.2. The van der Waals surface area contributed by atoms with Gasteiger partial charge in [-0.3, -0.25) is 9.36 Å². The minimum atomic E-state index is -0.695. The van der Waals surface area contributed by atoms with Crippen LogP contribution in [0, 0.1) is 0 Å². The Morgan fingerprint density at radius 3 is 2.61 bits per heavy atom. The quantitative estimate of drug-likeness (QED) is 0.287. The van der Waals surface area contributed by atoms with Crippen LogP contribution < -0.4 is 19.6 Å². The van der Waals surface area contributed by atoms with Gasteiger partial charge in [-0.1, -0.05) is 51.5 Å². The van der Waals surface area contributed by atoms with Crippen molar-refractivity contribution in [3.05, 3.63) is 107 Å². The minimum absolute atomic E-state index is 0.266. The maximum absolute atomic E-state index is 13.8. The minimum Gasteiger partial charge on any atom is -0.497 e. The molecule has 1 aliphatic rings. The first-order valence-electron chi connectivity index (χ1n) is 12.0. The second-order valence-corrected chi connectivity index (χ2v) is 10.9. The molecule has 1 atom stereocenters. The van der Waals surface area contributed by atoms with Crippen LogP contribution in [0.5, 0.6) is 5.75 Å². The molecule has 0 radical (unpaired) electrons. The van der Waals surface area contributed by atoms with Crippen LogP contribution >= 0.6 is 27.3 Å². The van der Waals surface area contributed by atoms with E-state index in [0.717, 1.165) is 15.6 Å². The van der Waals surface area contributed by atoms with E-state index in [1.807, 2.05) is 48.5 Å². The largest absolute Gasteiger partial charge is 0.497 e. The van der Waals surface area contributed by atoms with Gasteiger partial charge in [-0.15, -0.1) is 0 Å². The lowest BCUT2D eigenvalue weighted by Crippen LogP contribution is -2.40. The van der Waals surface area contributed by atoms with Crippen molar-refractivity contribution in [2.75, 3.05) is 7.11 Å². The predicted molar refractivity (Wildman–Crippen MR) is 150 cm³/mol. The van der Waals surface area contributed by atoms with E-state index in [1.54, 1.807) is 50.7 Å². The number of esters is 1. The van der Waals surface area contributed by atoms with E-state index in [0.29, 0.717) is 37.9 Å². The lowest BCUT2D eigenvalue weighted by molar-refractivity contribution is -0.143. The molecule has 5 rings (SSSR count). The van der Waals surface area contributed by atoms with Crippen molar-refractivity contribution in [2.45, 2.75) is 32.9 Å². The van der Waals surface area contributed by atoms with Crippen molar-refractivity contribution < 1.29 is 18.7 Å². The molecule has 0 N–H and O–H groups in total. The van der Waals surface area contributed by atoms with Gasteiger partial charge in [-0.2, -0.15) is 0 Å². The summed E-state index contributed by atoms with van der Waals surface area (Å²) in [6.07, 6.45) is 1.39. The number of benzene rings is 2. The molecule has 0 amide bonds. The number of aromatic nitrogens is 1. The van der Waals surface area contributed by atoms with Crippen LogP contribution in [0.3, 0.4) is 0 Å². The van der Waals surface area contributed by atoms with Gasteiger partial charge in [0.25, 0.3) is 5.56 Å². The third kappa shape index (κ3) is 5.04. The summed E-state index contributed by atoms with van der Waals surface area (Å²) in [5.74, 6) is 1.41. The van der Waals surface area contributed by atoms with Crippen LogP contribution in [-0.4, -0.2) is 23.8 Å². The standard InChI is InChI=1S/C29H25BrN2O5S/c1-16(2)36-28(34)25-17(3)31-29-32(26(25)18-8-10-21(35-4)11-9-18)27(33)24(38-29)15-22-12-13-23(37-22)19-6-5-7-20(30)14-19/h5-16,26H,1-4H3/b24-15-. The predicted octanol–water partition coefficient (Wildman–Crippen LogP) is 5.22. The fourth-order valence-electron chi connectivity index (χ4n) is 4.32. The van der Waals surface area contributed by atoms with Crippen molar-refractivity contribution in [2.24, 2.45) is 4.99 Å². The Labute approximate surface area is 231 Å². The van der Waals surface area contributed by atoms with Gasteiger partial charge in [-0.05, 0) is 62.7 Å². The molecule has 0 saturated heterocycles. The van der Waals surface area contributed by atoms with Crippen LogP contribution in [0.2, 0.25) is 0 Å². The van der Waals surface area contributed by atoms with Crippen LogP contribution in [0.1, 0.15) is 38.1 Å². The number of carbonyl (C=O) groups excluding carboxylic acids is 1. The van der Waals surface area contributed by atoms with Gasteiger partial charge in [0, 0.05) is 16.1 Å². The summed E-state index contributed by atoms with van der Waals surface area (Å²) >= 11 is 4.73. The lowest BCUT2D eigenvalue weighted by atomic mass is 9.96. The van der Waals surface area contributed by atoms with Gasteiger partial charge in [0.15, 0.2) is 4.80 Å². The maximum Gasteiger partial charge on any atom is 0.338 e. The highest BCUT2D eigenvalue weighted by molar-refractivity contribution is 9.10. The number of rotatable bonds is 6. The summed E-state index contributed by atoms with van der Waals surface area (Å²) < 4.78 is 19.8. The normalized spacial score (nSPS) is 15.4. The Balaban J connectivity index is 1.63. The zero-order valence-corrected chi connectivity index (χ0v) is 23.6. The molecule has 4 aromatic rings. The van der Waals surface area contributed by atoms with E-state index in [9.17, 15) is 9.59 Å². The fourth-order valence-corrected chi connectivity index (χ4v) is 5.74. The summed E-state index contributed by atoms with van der Waals surface area (Å²) in [7, 11) is 1.59. The summed E-state index contributed by atoms with van der Waals surface area (Å²) in [5.41, 5.74) is 2.25. The van der Waals surface area contributed by atoms with Crippen molar-refractivity contribution in [3.63, 3.8) is 0 Å². The Kier molecular flexibility index (Phi) is 7.23. The van der Waals surface area contributed by atoms with E-state index in [4.69, 9.17) is 13.9 Å². The lowest BCUT2D eigenvalue weighted by Gasteiger charge is -2.25. The van der Waals surface area contributed by atoms with Gasteiger partial charge in [0.05, 0.1) is 35.1 Å². The second kappa shape index (κ2) is 10.6. The molecule has 0 saturated carbocycles. The van der Waals surface area contributed by atoms with Crippen molar-refractivity contribution in [3.8, 4) is 17.1 Å². The summed E-state index contributed by atoms with van der Waals surface area (Å²) in [5, 5.41) is 0. The molecule has 1 aliphatic heterocycles. The monoisotopic (exact) mass is 592 g/mol. The number of ether oxygens (including phenoxy) is 2. The van der Waals surface area contributed by atoms with Crippen molar-refractivity contribution in [1.82, 2.24) is 4.57 Å². The molecular weight excluding hydrogens is 568 g/mol. The number of halogens is 1. The van der Waals surface area contributed by atoms with Gasteiger partial charge in [0.2, 0.25) is 0 Å². The van der Waals surface area contributed by atoms with Crippen LogP contribution in [0.25, 0.3) is 17.4 Å². The van der Waals surface area contributed by atoms with E-state index in [2.05, 4.69) is 20.9 Å². The highest BCUT2D eigenvalue weighted by Gasteiger charge is 2.33. The summed E-state index contributed by atoms with van der Waals surface area (Å²) in [6, 6.07) is 18.1. The average molecular weight is 593 g/mol. The molecule has 1 unspecified atom stereocenters. The zero-order chi connectivity index (χ0) is 27.0. The van der Waals surface area contributed by atoms with Crippen LogP contribution in [0.15, 0.2) is 90.6 Å². The number of nitrogens with zero attached hydrogens (tertiary/aromatic N) is 2. The Hall–Kier alpha value is -3.69. The molecular formula is C29H25BrN2O5S. The van der Waals surface area contributed by atoms with Gasteiger partial charge in [-0.25, -0.2) is 9.79 Å². The number of fused-ring (bicyclic) bond motifs is 1. The van der Waals surface area contributed by atoms with E-state index in [-0.39, 0.29) is 11.7 Å². The molecule has 0 bridgehead atoms. The molecule has 2 aromatic carbocycles. The first kappa shape index (κ1) is 25.9. The highest BCUT2D eigenvalue weighted by atomic mass is 79.9. The van der Waals surface area contributed by atoms with Crippen molar-refractivity contribution >= 4 is 39.3 Å². The number of hydrogen-bond acceptors (Lipinski definition) is 7. The average Bonchev–Trinajstić information content (AvgIpc) is 3.47. The van der Waals surface area contributed by atoms with Gasteiger partial charge >= 0.3 is 5.97 Å². The molecule has 38 heavy (non-hydrogen) atoms. The number of thiazole rings is 1. The number of allylic oxidation sites excluding steroid dienone is 1. The molecule has 0 aliphatic carbocycles. The van der Waals surface area contributed by atoms with E-state index in [1.165, 1.54) is 11.3 Å². The highest BCUT2D eigenvalue weighted by Crippen LogP contribution is 2.32. The molecule has 3 heterocycles. The molecule has 9 heteroatoms. The Morgan fingerprint density at radius 1 is 1.16 bits per heavy atom. The topological polar surface area (TPSA) is 83.0 Å². The van der Waals surface area contributed by atoms with Crippen LogP contribution in [0.4, 0.5) is 0 Å². The number of hydrogen-bond donors (Lipinski definition) is 0. The molecule has 0 spiro atoms. The molecule has 194 valence electrons. The first-order valence-corrected chi connectivity index (χ1v) is 13.6. The third-order valence-electron chi connectivity index (χ3n) is 6.03. The van der Waals surface area contributed by atoms with E-state index < -0.39 is 12.0 Å². The molecule has 7 nitrogen and oxygen atoms in total. The Bertz CT molecular complexity index is 1730. The maximum atomic E-state index is 13.8. The van der Waals surface area contributed by atoms with Gasteiger partial charge < -0.3 is 13.9 Å². The zero-order valence-electron chi connectivity index (χ0n) is 21.2. The van der Waals surface area contributed by atoms with Gasteiger partial charge in [0.1, 0.15) is 17.3 Å². The summed E-state index contributed by atoms with van der Waals surface area (Å²) in [6.45, 7) is 5.34. The second-order valence-electron chi connectivity index (χ2n) is 9.02. The van der Waals surface area contributed by atoms with Crippen molar-refractivity contribution in [1.29, 1.82) is 0 Å². The smallest absolute Gasteiger partial charge is 0.338 e.